The standard InChI is InChI=1S/C11H19NO2/c1-2-6-10(12)14-11(13)9-7-4-3-5-8-9/h9,12H,2-8H2,1H3. The molecule has 0 aromatic heterocycles. The second kappa shape index (κ2) is 5.78. The van der Waals surface area contributed by atoms with Gasteiger partial charge in [0.25, 0.3) is 0 Å². The highest BCUT2D eigenvalue weighted by Gasteiger charge is 2.23. The fourth-order valence-corrected chi connectivity index (χ4v) is 1.82. The van der Waals surface area contributed by atoms with E-state index in [1.54, 1.807) is 0 Å². The highest BCUT2D eigenvalue weighted by Crippen LogP contribution is 2.24. The molecule has 3 nitrogen and oxygen atoms in total. The number of carbonyl (C=O) groups is 1. The molecule has 1 saturated carbocycles. The van der Waals surface area contributed by atoms with Gasteiger partial charge >= 0.3 is 5.97 Å². The molecule has 0 aromatic carbocycles. The third-order valence-electron chi connectivity index (χ3n) is 2.64. The fraction of sp³-hybridized carbons (Fsp3) is 0.818. The van der Waals surface area contributed by atoms with Crippen LogP contribution in [0.1, 0.15) is 51.9 Å². The molecular formula is C11H19NO2. The van der Waals surface area contributed by atoms with Gasteiger partial charge < -0.3 is 4.74 Å². The normalized spacial score (nSPS) is 17.8. The van der Waals surface area contributed by atoms with Gasteiger partial charge in [-0.3, -0.25) is 10.2 Å². The zero-order valence-electron chi connectivity index (χ0n) is 8.84. The number of esters is 1. The van der Waals surface area contributed by atoms with E-state index in [-0.39, 0.29) is 17.8 Å². The van der Waals surface area contributed by atoms with Crippen LogP contribution < -0.4 is 0 Å². The maximum atomic E-state index is 11.5. The Morgan fingerprint density at radius 1 is 1.36 bits per heavy atom. The van der Waals surface area contributed by atoms with Crippen molar-refractivity contribution in [3.05, 3.63) is 0 Å². The second-order valence-electron chi connectivity index (χ2n) is 3.93. The van der Waals surface area contributed by atoms with Crippen molar-refractivity contribution < 1.29 is 9.53 Å². The highest BCUT2D eigenvalue weighted by molar-refractivity contribution is 5.88. The van der Waals surface area contributed by atoms with Crippen LogP contribution in [0.25, 0.3) is 0 Å². The van der Waals surface area contributed by atoms with Crippen molar-refractivity contribution in [2.45, 2.75) is 51.9 Å². The molecule has 1 N–H and O–H groups in total. The molecule has 0 aromatic rings. The summed E-state index contributed by atoms with van der Waals surface area (Å²) >= 11 is 0. The van der Waals surface area contributed by atoms with E-state index < -0.39 is 0 Å². The summed E-state index contributed by atoms with van der Waals surface area (Å²) in [5.74, 6) is 0.00665. The molecule has 0 heterocycles. The Labute approximate surface area is 85.3 Å². The zero-order chi connectivity index (χ0) is 10.4. The molecule has 3 heteroatoms. The van der Waals surface area contributed by atoms with E-state index >= 15 is 0 Å². The van der Waals surface area contributed by atoms with Crippen LogP contribution in [0.5, 0.6) is 0 Å². The molecule has 0 bridgehead atoms. The Hall–Kier alpha value is -0.860. The largest absolute Gasteiger partial charge is 0.412 e. The van der Waals surface area contributed by atoms with Crippen molar-refractivity contribution in [1.82, 2.24) is 0 Å². The number of hydrogen-bond donors (Lipinski definition) is 1. The maximum Gasteiger partial charge on any atom is 0.315 e. The van der Waals surface area contributed by atoms with Crippen molar-refractivity contribution in [3.63, 3.8) is 0 Å². The maximum absolute atomic E-state index is 11.5. The van der Waals surface area contributed by atoms with Gasteiger partial charge in [0.15, 0.2) is 5.90 Å². The molecule has 0 spiro atoms. The van der Waals surface area contributed by atoms with Gasteiger partial charge in [-0.2, -0.15) is 0 Å². The predicted octanol–water partition coefficient (Wildman–Crippen LogP) is 2.89. The van der Waals surface area contributed by atoms with Gasteiger partial charge in [0.05, 0.1) is 5.92 Å². The monoisotopic (exact) mass is 197 g/mol. The molecule has 1 rings (SSSR count). The summed E-state index contributed by atoms with van der Waals surface area (Å²) in [5, 5.41) is 7.39. The van der Waals surface area contributed by atoms with E-state index in [2.05, 4.69) is 0 Å². The summed E-state index contributed by atoms with van der Waals surface area (Å²) in [6, 6.07) is 0. The van der Waals surface area contributed by atoms with Crippen LogP contribution in [0.15, 0.2) is 0 Å². The van der Waals surface area contributed by atoms with Gasteiger partial charge in [0.2, 0.25) is 0 Å². The second-order valence-corrected chi connectivity index (χ2v) is 3.93. The lowest BCUT2D eigenvalue weighted by atomic mass is 9.89. The minimum Gasteiger partial charge on any atom is -0.412 e. The first kappa shape index (κ1) is 11.2. The molecule has 1 aliphatic carbocycles. The third kappa shape index (κ3) is 3.48. The van der Waals surface area contributed by atoms with E-state index in [1.807, 2.05) is 6.92 Å². The van der Waals surface area contributed by atoms with Crippen molar-refractivity contribution in [1.29, 1.82) is 5.41 Å². The van der Waals surface area contributed by atoms with Gasteiger partial charge in [-0.15, -0.1) is 0 Å². The molecule has 1 aliphatic rings. The third-order valence-corrected chi connectivity index (χ3v) is 2.64. The average Bonchev–Trinajstić information content (AvgIpc) is 2.19. The Bertz CT molecular complexity index is 207. The molecule has 14 heavy (non-hydrogen) atoms. The Kier molecular flexibility index (Phi) is 4.63. The molecule has 0 aliphatic heterocycles. The lowest BCUT2D eigenvalue weighted by molar-refractivity contribution is -0.141. The van der Waals surface area contributed by atoms with E-state index in [0.29, 0.717) is 6.42 Å². The van der Waals surface area contributed by atoms with Gasteiger partial charge in [-0.1, -0.05) is 26.2 Å². The van der Waals surface area contributed by atoms with Crippen molar-refractivity contribution in [2.75, 3.05) is 0 Å². The van der Waals surface area contributed by atoms with E-state index in [1.165, 1.54) is 6.42 Å². The first-order valence-electron chi connectivity index (χ1n) is 5.53. The number of ether oxygens (including phenoxy) is 1. The van der Waals surface area contributed by atoms with Crippen LogP contribution in [-0.4, -0.2) is 11.9 Å². The Balaban J connectivity index is 2.29. The minimum absolute atomic E-state index is 0.0564. The van der Waals surface area contributed by atoms with E-state index in [0.717, 1.165) is 32.1 Å². The fourth-order valence-electron chi connectivity index (χ4n) is 1.82. The van der Waals surface area contributed by atoms with Gasteiger partial charge in [-0.05, 0) is 19.3 Å². The molecule has 80 valence electrons. The number of rotatable bonds is 3. The SMILES string of the molecule is CCCC(=N)OC(=O)C1CCCCC1. The van der Waals surface area contributed by atoms with Crippen LogP contribution in [-0.2, 0) is 9.53 Å². The zero-order valence-corrected chi connectivity index (χ0v) is 8.84. The number of hydrogen-bond acceptors (Lipinski definition) is 3. The number of carbonyl (C=O) groups excluding carboxylic acids is 1. The van der Waals surface area contributed by atoms with E-state index in [9.17, 15) is 4.79 Å². The van der Waals surface area contributed by atoms with Gasteiger partial charge in [0, 0.05) is 6.42 Å². The minimum atomic E-state index is -0.178. The molecule has 0 saturated heterocycles. The summed E-state index contributed by atoms with van der Waals surface area (Å²) in [7, 11) is 0. The molecule has 0 unspecified atom stereocenters. The summed E-state index contributed by atoms with van der Waals surface area (Å²) in [4.78, 5) is 11.5. The molecule has 0 amide bonds. The summed E-state index contributed by atoms with van der Waals surface area (Å²) < 4.78 is 4.97. The first-order chi connectivity index (χ1) is 6.74. The van der Waals surface area contributed by atoms with Crippen molar-refractivity contribution >= 4 is 11.9 Å². The lowest BCUT2D eigenvalue weighted by Crippen LogP contribution is -2.22. The topological polar surface area (TPSA) is 50.1 Å². The molecule has 1 fully saturated rings. The van der Waals surface area contributed by atoms with Crippen molar-refractivity contribution in [2.24, 2.45) is 5.92 Å². The van der Waals surface area contributed by atoms with Gasteiger partial charge in [0.1, 0.15) is 0 Å². The Morgan fingerprint density at radius 3 is 2.57 bits per heavy atom. The summed E-state index contributed by atoms with van der Waals surface area (Å²) in [5.41, 5.74) is 0. The smallest absolute Gasteiger partial charge is 0.315 e. The van der Waals surface area contributed by atoms with Crippen LogP contribution in [0, 0.1) is 11.3 Å². The average molecular weight is 197 g/mol. The van der Waals surface area contributed by atoms with Crippen molar-refractivity contribution in [3.8, 4) is 0 Å². The first-order valence-corrected chi connectivity index (χ1v) is 5.53. The summed E-state index contributed by atoms with van der Waals surface area (Å²) in [6.07, 6.45) is 6.80. The highest BCUT2D eigenvalue weighted by atomic mass is 16.5. The van der Waals surface area contributed by atoms with Crippen LogP contribution in [0.3, 0.4) is 0 Å². The van der Waals surface area contributed by atoms with Crippen LogP contribution >= 0.6 is 0 Å². The number of nitrogens with one attached hydrogen (secondary N) is 1. The van der Waals surface area contributed by atoms with Crippen LogP contribution in [0.4, 0.5) is 0 Å². The predicted molar refractivity (Wildman–Crippen MR) is 55.3 cm³/mol. The summed E-state index contributed by atoms with van der Waals surface area (Å²) in [6.45, 7) is 1.98. The quantitative estimate of drug-likeness (QED) is 0.429. The van der Waals surface area contributed by atoms with E-state index in [4.69, 9.17) is 10.1 Å². The molecule has 0 radical (unpaired) electrons. The van der Waals surface area contributed by atoms with Crippen LogP contribution in [0.2, 0.25) is 0 Å². The molecular weight excluding hydrogens is 178 g/mol. The molecule has 0 atom stereocenters. The lowest BCUT2D eigenvalue weighted by Gasteiger charge is -2.19. The Morgan fingerprint density at radius 2 is 2.00 bits per heavy atom. The van der Waals surface area contributed by atoms with Gasteiger partial charge in [-0.25, -0.2) is 0 Å².